The molecule has 0 radical (unpaired) electrons. The van der Waals surface area contributed by atoms with Crippen LogP contribution in [0.2, 0.25) is 0 Å². The molecule has 0 spiro atoms. The zero-order chi connectivity index (χ0) is 20.2. The molecular weight excluding hydrogens is 389 g/mol. The Morgan fingerprint density at radius 2 is 1.86 bits per heavy atom. The van der Waals surface area contributed by atoms with Crippen LogP contribution >= 0.6 is 11.3 Å². The predicted molar refractivity (Wildman–Crippen MR) is 113 cm³/mol. The number of hydrogen-bond acceptors (Lipinski definition) is 6. The number of aliphatic hydroxyl groups excluding tert-OH is 1. The van der Waals surface area contributed by atoms with Gasteiger partial charge < -0.3 is 15.2 Å². The van der Waals surface area contributed by atoms with E-state index in [0.29, 0.717) is 23.8 Å². The summed E-state index contributed by atoms with van der Waals surface area (Å²) in [5.74, 6) is 0.880. The number of aromatic nitrogens is 2. The minimum Gasteiger partial charge on any atom is -0.387 e. The lowest BCUT2D eigenvalue weighted by Crippen LogP contribution is -2.14. The fourth-order valence-electron chi connectivity index (χ4n) is 3.13. The van der Waals surface area contributed by atoms with Crippen LogP contribution in [-0.2, 0) is 11.3 Å². The molecule has 7 heteroatoms. The standard InChI is InChI=1S/C22H20FN3O2S/c1-28-12-19-25-21(24-11-18(27)15-7-9-16(23)10-8-15)20-17(13-29-22(20)26-19)14-5-3-2-4-6-14/h2-10,13,18,27H,11-12H2,1H3,(H,24,25,26)/t18-/m0/s1. The first kappa shape index (κ1) is 19.4. The van der Waals surface area contributed by atoms with Gasteiger partial charge in [0.05, 0.1) is 11.5 Å². The number of methoxy groups -OCH3 is 1. The summed E-state index contributed by atoms with van der Waals surface area (Å²) in [6.45, 7) is 0.526. The van der Waals surface area contributed by atoms with Crippen LogP contribution in [-0.4, -0.2) is 28.7 Å². The first-order valence-corrected chi connectivity index (χ1v) is 10.0. The van der Waals surface area contributed by atoms with Gasteiger partial charge in [-0.3, -0.25) is 0 Å². The Hall–Kier alpha value is -2.87. The van der Waals surface area contributed by atoms with Gasteiger partial charge in [-0.2, -0.15) is 0 Å². The molecular formula is C22H20FN3O2S. The Morgan fingerprint density at radius 1 is 1.10 bits per heavy atom. The summed E-state index contributed by atoms with van der Waals surface area (Å²) in [5.41, 5.74) is 2.74. The number of nitrogens with one attached hydrogen (secondary N) is 1. The van der Waals surface area contributed by atoms with E-state index in [2.05, 4.69) is 20.7 Å². The summed E-state index contributed by atoms with van der Waals surface area (Å²) in [6.07, 6.45) is -0.801. The van der Waals surface area contributed by atoms with E-state index in [9.17, 15) is 9.50 Å². The molecule has 5 nitrogen and oxygen atoms in total. The average Bonchev–Trinajstić information content (AvgIpc) is 3.17. The first-order valence-electron chi connectivity index (χ1n) is 9.15. The van der Waals surface area contributed by atoms with Crippen LogP contribution in [0.1, 0.15) is 17.5 Å². The third kappa shape index (κ3) is 4.27. The number of fused-ring (bicyclic) bond motifs is 1. The SMILES string of the molecule is COCc1nc(NC[C@H](O)c2ccc(F)cc2)c2c(-c3ccccc3)csc2n1. The number of ether oxygens (including phenoxy) is 1. The number of benzene rings is 2. The maximum Gasteiger partial charge on any atom is 0.158 e. The van der Waals surface area contributed by atoms with Crippen LogP contribution in [0.5, 0.6) is 0 Å². The van der Waals surface area contributed by atoms with Gasteiger partial charge in [0.2, 0.25) is 0 Å². The van der Waals surface area contributed by atoms with E-state index in [1.165, 1.54) is 12.1 Å². The van der Waals surface area contributed by atoms with Crippen molar-refractivity contribution in [1.82, 2.24) is 9.97 Å². The number of nitrogens with zero attached hydrogens (tertiary/aromatic N) is 2. The van der Waals surface area contributed by atoms with E-state index in [1.54, 1.807) is 30.6 Å². The van der Waals surface area contributed by atoms with Gasteiger partial charge in [0, 0.05) is 24.6 Å². The highest BCUT2D eigenvalue weighted by Gasteiger charge is 2.17. The van der Waals surface area contributed by atoms with Crippen LogP contribution in [0.15, 0.2) is 60.0 Å². The minimum atomic E-state index is -0.801. The Bertz CT molecular complexity index is 1100. The number of halogens is 1. The van der Waals surface area contributed by atoms with Crippen LogP contribution in [0.25, 0.3) is 21.3 Å². The molecule has 29 heavy (non-hydrogen) atoms. The van der Waals surface area contributed by atoms with Crippen molar-refractivity contribution < 1.29 is 14.2 Å². The summed E-state index contributed by atoms with van der Waals surface area (Å²) in [7, 11) is 1.60. The quantitative estimate of drug-likeness (QED) is 0.459. The number of anilines is 1. The van der Waals surface area contributed by atoms with Crippen molar-refractivity contribution in [2.45, 2.75) is 12.7 Å². The highest BCUT2D eigenvalue weighted by Crippen LogP contribution is 2.37. The van der Waals surface area contributed by atoms with Crippen molar-refractivity contribution in [2.75, 3.05) is 19.0 Å². The fourth-order valence-corrected chi connectivity index (χ4v) is 4.10. The predicted octanol–water partition coefficient (Wildman–Crippen LogP) is 4.79. The zero-order valence-corrected chi connectivity index (χ0v) is 16.6. The molecule has 0 saturated carbocycles. The van der Waals surface area contributed by atoms with E-state index < -0.39 is 6.10 Å². The number of aliphatic hydroxyl groups is 1. The van der Waals surface area contributed by atoms with Crippen molar-refractivity contribution in [3.05, 3.63) is 77.2 Å². The van der Waals surface area contributed by atoms with Gasteiger partial charge in [-0.05, 0) is 23.3 Å². The molecule has 0 bridgehead atoms. The number of hydrogen-bond donors (Lipinski definition) is 2. The molecule has 4 rings (SSSR count). The fraction of sp³-hybridized carbons (Fsp3) is 0.182. The highest BCUT2D eigenvalue weighted by atomic mass is 32.1. The van der Waals surface area contributed by atoms with E-state index in [0.717, 1.165) is 21.3 Å². The molecule has 1 atom stereocenters. The minimum absolute atomic E-state index is 0.230. The maximum atomic E-state index is 13.1. The van der Waals surface area contributed by atoms with Crippen molar-refractivity contribution in [3.8, 4) is 11.1 Å². The van der Waals surface area contributed by atoms with Gasteiger partial charge in [0.15, 0.2) is 5.82 Å². The second-order valence-corrected chi connectivity index (χ2v) is 7.42. The van der Waals surface area contributed by atoms with Gasteiger partial charge in [0.25, 0.3) is 0 Å². The second kappa shape index (κ2) is 8.65. The third-order valence-corrected chi connectivity index (χ3v) is 5.43. The van der Waals surface area contributed by atoms with Crippen LogP contribution in [0, 0.1) is 5.82 Å². The molecule has 0 aliphatic carbocycles. The first-order chi connectivity index (χ1) is 14.2. The van der Waals surface area contributed by atoms with Crippen molar-refractivity contribution in [1.29, 1.82) is 0 Å². The molecule has 4 aromatic rings. The highest BCUT2D eigenvalue weighted by molar-refractivity contribution is 7.17. The lowest BCUT2D eigenvalue weighted by Gasteiger charge is -2.15. The molecule has 2 aromatic carbocycles. The van der Waals surface area contributed by atoms with Gasteiger partial charge in [-0.1, -0.05) is 42.5 Å². The molecule has 2 aromatic heterocycles. The normalized spacial score (nSPS) is 12.2. The molecule has 0 unspecified atom stereocenters. The lowest BCUT2D eigenvalue weighted by atomic mass is 10.1. The van der Waals surface area contributed by atoms with E-state index in [-0.39, 0.29) is 12.4 Å². The molecule has 0 fully saturated rings. The van der Waals surface area contributed by atoms with Crippen molar-refractivity contribution >= 4 is 27.4 Å². The Balaban J connectivity index is 1.69. The summed E-state index contributed by atoms with van der Waals surface area (Å²) >= 11 is 1.54. The van der Waals surface area contributed by atoms with Gasteiger partial charge >= 0.3 is 0 Å². The zero-order valence-electron chi connectivity index (χ0n) is 15.8. The van der Waals surface area contributed by atoms with Crippen LogP contribution in [0.3, 0.4) is 0 Å². The molecule has 0 aliphatic heterocycles. The van der Waals surface area contributed by atoms with Gasteiger partial charge in [-0.15, -0.1) is 11.3 Å². The summed E-state index contributed by atoms with van der Waals surface area (Å²) in [6, 6.07) is 15.9. The van der Waals surface area contributed by atoms with Crippen molar-refractivity contribution in [2.24, 2.45) is 0 Å². The molecule has 148 valence electrons. The number of thiophene rings is 1. The van der Waals surface area contributed by atoms with Crippen LogP contribution in [0.4, 0.5) is 10.2 Å². The topological polar surface area (TPSA) is 67.3 Å². The van der Waals surface area contributed by atoms with E-state index >= 15 is 0 Å². The van der Waals surface area contributed by atoms with Crippen molar-refractivity contribution in [3.63, 3.8) is 0 Å². The van der Waals surface area contributed by atoms with E-state index in [1.807, 2.05) is 30.3 Å². The Labute approximate surface area is 171 Å². The third-order valence-electron chi connectivity index (χ3n) is 4.56. The molecule has 0 aliphatic rings. The summed E-state index contributed by atoms with van der Waals surface area (Å²) in [4.78, 5) is 10.1. The number of rotatable bonds is 7. The van der Waals surface area contributed by atoms with Gasteiger partial charge in [0.1, 0.15) is 23.1 Å². The smallest absolute Gasteiger partial charge is 0.158 e. The molecule has 0 amide bonds. The maximum absolute atomic E-state index is 13.1. The summed E-state index contributed by atoms with van der Waals surface area (Å²) in [5, 5.41) is 16.7. The van der Waals surface area contributed by atoms with Gasteiger partial charge in [-0.25, -0.2) is 14.4 Å². The molecule has 2 heterocycles. The summed E-state index contributed by atoms with van der Waals surface area (Å²) < 4.78 is 18.3. The second-order valence-electron chi connectivity index (χ2n) is 6.57. The molecule has 2 N–H and O–H groups in total. The Kier molecular flexibility index (Phi) is 5.80. The molecule has 0 saturated heterocycles. The Morgan fingerprint density at radius 3 is 2.59 bits per heavy atom. The van der Waals surface area contributed by atoms with Crippen LogP contribution < -0.4 is 5.32 Å². The lowest BCUT2D eigenvalue weighted by molar-refractivity contribution is 0.178. The average molecular weight is 409 g/mol. The van der Waals surface area contributed by atoms with E-state index in [4.69, 9.17) is 4.74 Å². The monoisotopic (exact) mass is 409 g/mol. The largest absolute Gasteiger partial charge is 0.387 e.